The molecule has 3 aromatic rings. The average Bonchev–Trinajstić information content (AvgIpc) is 3.41. The summed E-state index contributed by atoms with van der Waals surface area (Å²) in [6.07, 6.45) is -1.61. The van der Waals surface area contributed by atoms with E-state index in [4.69, 9.17) is 15.6 Å². The van der Waals surface area contributed by atoms with Gasteiger partial charge in [0.2, 0.25) is 10.0 Å². The molecule has 0 radical (unpaired) electrons. The highest BCUT2D eigenvalue weighted by Gasteiger charge is 2.38. The maximum atomic E-state index is 12.4. The molecule has 2 aliphatic heterocycles. The summed E-state index contributed by atoms with van der Waals surface area (Å²) in [5.74, 6) is -0.692. The molecule has 1 unspecified atom stereocenters. The van der Waals surface area contributed by atoms with E-state index < -0.39 is 28.1 Å². The van der Waals surface area contributed by atoms with Crippen LogP contribution in [0.25, 0.3) is 22.0 Å². The van der Waals surface area contributed by atoms with E-state index in [0.717, 1.165) is 58.5 Å². The first-order chi connectivity index (χ1) is 19.8. The maximum absolute atomic E-state index is 12.4. The molecule has 1 atom stereocenters. The second kappa shape index (κ2) is 13.1. The quantitative estimate of drug-likeness (QED) is 0.316. The Morgan fingerprint density at radius 3 is 2.40 bits per heavy atom. The predicted molar refractivity (Wildman–Crippen MR) is 157 cm³/mol. The van der Waals surface area contributed by atoms with Crippen molar-refractivity contribution >= 4 is 44.6 Å². The summed E-state index contributed by atoms with van der Waals surface area (Å²) in [7, 11) is -3.17. The summed E-state index contributed by atoms with van der Waals surface area (Å²) in [5, 5.41) is 11.7. The van der Waals surface area contributed by atoms with E-state index in [2.05, 4.69) is 40.6 Å². The van der Waals surface area contributed by atoms with Crippen LogP contribution in [0.15, 0.2) is 42.6 Å². The number of amides is 1. The van der Waals surface area contributed by atoms with Crippen molar-refractivity contribution in [3.05, 3.63) is 59.3 Å². The summed E-state index contributed by atoms with van der Waals surface area (Å²) >= 11 is 1.96. The van der Waals surface area contributed by atoms with Gasteiger partial charge in [-0.15, -0.1) is 0 Å². The van der Waals surface area contributed by atoms with Crippen molar-refractivity contribution in [1.82, 2.24) is 14.6 Å². The molecule has 14 heteroatoms. The van der Waals surface area contributed by atoms with Crippen LogP contribution < -0.4 is 11.1 Å². The number of carboxylic acids is 1. The molecule has 0 aliphatic carbocycles. The fourth-order valence-corrected chi connectivity index (χ4v) is 7.40. The third-order valence-electron chi connectivity index (χ3n) is 7.53. The number of carbonyl (C=O) groups is 2. The fraction of sp³-hybridized carbons (Fsp3) is 0.429. The molecule has 2 aromatic carbocycles. The number of carbonyl (C=O) groups excluding carboxylic acids is 1. The van der Waals surface area contributed by atoms with Gasteiger partial charge in [0.05, 0.1) is 16.8 Å². The number of piperidine rings is 1. The third-order valence-corrected chi connectivity index (χ3v) is 10.5. The number of primary amides is 1. The van der Waals surface area contributed by atoms with E-state index in [1.807, 2.05) is 24.0 Å². The Morgan fingerprint density at radius 2 is 1.83 bits per heavy atom. The maximum Gasteiger partial charge on any atom is 0.490 e. The minimum Gasteiger partial charge on any atom is -0.475 e. The smallest absolute Gasteiger partial charge is 0.475 e. The Labute approximate surface area is 246 Å². The molecule has 5 rings (SSSR count). The van der Waals surface area contributed by atoms with Crippen LogP contribution in [-0.4, -0.2) is 77.8 Å². The lowest BCUT2D eigenvalue weighted by Crippen LogP contribution is -2.38. The van der Waals surface area contributed by atoms with Crippen LogP contribution in [0.5, 0.6) is 0 Å². The number of aromatic amines is 1. The highest BCUT2D eigenvalue weighted by Crippen LogP contribution is 2.37. The first-order valence-corrected chi connectivity index (χ1v) is 16.2. The number of benzene rings is 2. The number of halogens is 3. The van der Waals surface area contributed by atoms with Crippen molar-refractivity contribution in [2.45, 2.75) is 37.9 Å². The Hall–Kier alpha value is -3.07. The first-order valence-electron chi connectivity index (χ1n) is 13.5. The van der Waals surface area contributed by atoms with E-state index in [-0.39, 0.29) is 11.7 Å². The Balaban J connectivity index is 0.000000517. The predicted octanol–water partition coefficient (Wildman–Crippen LogP) is 4.47. The molecule has 5 N–H and O–H groups in total. The monoisotopic (exact) mass is 626 g/mol. The van der Waals surface area contributed by atoms with Crippen molar-refractivity contribution in [2.75, 3.05) is 36.9 Å². The summed E-state index contributed by atoms with van der Waals surface area (Å²) in [4.78, 5) is 24.6. The number of sulfonamides is 1. The number of aliphatic carboxylic acids is 1. The number of carboxylic acid groups (broad SMARTS) is 1. The molecular weight excluding hydrogens is 593 g/mol. The lowest BCUT2D eigenvalue weighted by atomic mass is 9.88. The zero-order valence-electron chi connectivity index (χ0n) is 22.9. The van der Waals surface area contributed by atoms with Crippen LogP contribution >= 0.6 is 11.8 Å². The van der Waals surface area contributed by atoms with E-state index in [1.54, 1.807) is 11.2 Å². The minimum atomic E-state index is -5.08. The van der Waals surface area contributed by atoms with Crippen LogP contribution in [0.3, 0.4) is 0 Å². The summed E-state index contributed by atoms with van der Waals surface area (Å²) in [5.41, 5.74) is 11.4. The number of thioether (sulfide) groups is 1. The van der Waals surface area contributed by atoms with Crippen LogP contribution in [0, 0.1) is 0 Å². The fourth-order valence-electron chi connectivity index (χ4n) is 5.29. The molecule has 2 aliphatic rings. The van der Waals surface area contributed by atoms with Crippen molar-refractivity contribution < 1.29 is 36.3 Å². The Bertz CT molecular complexity index is 1540. The highest BCUT2D eigenvalue weighted by molar-refractivity contribution is 7.99. The second-order valence-electron chi connectivity index (χ2n) is 10.1. The molecule has 2 saturated heterocycles. The molecule has 1 amide bonds. The molecule has 0 spiro atoms. The van der Waals surface area contributed by atoms with Crippen LogP contribution in [0.2, 0.25) is 0 Å². The number of hydrogen-bond donors (Lipinski definition) is 4. The lowest BCUT2D eigenvalue weighted by molar-refractivity contribution is -0.192. The van der Waals surface area contributed by atoms with E-state index in [1.165, 1.54) is 5.56 Å². The van der Waals surface area contributed by atoms with Crippen LogP contribution in [-0.2, 0) is 14.8 Å². The SMILES string of the molecule is CCS(=O)(=O)N1CCC(c2c[nH]c3c(C(N)=O)cc(-c4cccc(C5CSCCN5)c4)cc23)CC1.O=C(O)C(F)(F)F. The van der Waals surface area contributed by atoms with Gasteiger partial charge in [0.15, 0.2) is 0 Å². The summed E-state index contributed by atoms with van der Waals surface area (Å²) in [6.45, 7) is 3.73. The molecule has 9 nitrogen and oxygen atoms in total. The van der Waals surface area contributed by atoms with E-state index >= 15 is 0 Å². The molecular formula is C28H33F3N4O5S2. The molecule has 0 saturated carbocycles. The zero-order chi connectivity index (χ0) is 30.7. The van der Waals surface area contributed by atoms with Crippen LogP contribution in [0.1, 0.15) is 53.2 Å². The first kappa shape index (κ1) is 31.9. The number of H-pyrrole nitrogens is 1. The molecule has 1 aromatic heterocycles. The number of nitrogens with two attached hydrogens (primary N) is 1. The normalized spacial score (nSPS) is 18.8. The molecule has 3 heterocycles. The van der Waals surface area contributed by atoms with Crippen molar-refractivity contribution in [1.29, 1.82) is 0 Å². The molecule has 2 fully saturated rings. The zero-order valence-corrected chi connectivity index (χ0v) is 24.5. The number of aromatic nitrogens is 1. The van der Waals surface area contributed by atoms with E-state index in [9.17, 15) is 26.4 Å². The Morgan fingerprint density at radius 1 is 1.14 bits per heavy atom. The molecule has 0 bridgehead atoms. The van der Waals surface area contributed by atoms with Gasteiger partial charge in [-0.05, 0) is 66.1 Å². The van der Waals surface area contributed by atoms with Gasteiger partial charge in [-0.25, -0.2) is 17.5 Å². The number of rotatable bonds is 6. The Kier molecular flexibility index (Phi) is 9.91. The number of nitrogens with one attached hydrogen (secondary N) is 2. The van der Waals surface area contributed by atoms with Gasteiger partial charge in [0.1, 0.15) is 0 Å². The van der Waals surface area contributed by atoms with Crippen molar-refractivity contribution in [2.24, 2.45) is 5.73 Å². The molecule has 42 heavy (non-hydrogen) atoms. The number of hydrogen-bond acceptors (Lipinski definition) is 6. The van der Waals surface area contributed by atoms with Gasteiger partial charge in [-0.3, -0.25) is 4.79 Å². The average molecular weight is 627 g/mol. The largest absolute Gasteiger partial charge is 0.490 e. The van der Waals surface area contributed by atoms with Gasteiger partial charge < -0.3 is 21.1 Å². The van der Waals surface area contributed by atoms with Crippen molar-refractivity contribution in [3.63, 3.8) is 0 Å². The standard InChI is InChI=1S/C26H32N4O3S2.C2HF3O2/c1-2-35(32,33)30-9-6-17(7-10-30)23-15-29-25-21(23)13-20(14-22(25)26(27)31)18-4-3-5-19(12-18)24-16-34-11-8-28-24;3-2(4,5)1(6)7/h3-5,12-15,17,24,28-29H,2,6-11,16H2,1H3,(H2,27,31);(H,6,7). The lowest BCUT2D eigenvalue weighted by Gasteiger charge is -2.31. The highest BCUT2D eigenvalue weighted by atomic mass is 32.2. The van der Waals surface area contributed by atoms with Gasteiger partial charge in [-0.1, -0.05) is 18.2 Å². The van der Waals surface area contributed by atoms with Gasteiger partial charge in [0.25, 0.3) is 5.91 Å². The topological polar surface area (TPSA) is 146 Å². The summed E-state index contributed by atoms with van der Waals surface area (Å²) in [6, 6.07) is 12.8. The number of fused-ring (bicyclic) bond motifs is 1. The van der Waals surface area contributed by atoms with Crippen molar-refractivity contribution in [3.8, 4) is 11.1 Å². The van der Waals surface area contributed by atoms with Gasteiger partial charge >= 0.3 is 12.1 Å². The minimum absolute atomic E-state index is 0.129. The number of alkyl halides is 3. The van der Waals surface area contributed by atoms with Gasteiger partial charge in [0, 0.05) is 48.8 Å². The summed E-state index contributed by atoms with van der Waals surface area (Å²) < 4.78 is 57.9. The van der Waals surface area contributed by atoms with E-state index in [0.29, 0.717) is 24.7 Å². The van der Waals surface area contributed by atoms with Crippen LogP contribution in [0.4, 0.5) is 13.2 Å². The van der Waals surface area contributed by atoms with Gasteiger partial charge in [-0.2, -0.15) is 24.9 Å². The second-order valence-corrected chi connectivity index (χ2v) is 13.5. The third kappa shape index (κ3) is 7.28. The number of nitrogens with zero attached hydrogens (tertiary/aromatic N) is 1. The molecule has 228 valence electrons.